The lowest BCUT2D eigenvalue weighted by atomic mass is 10.0. The summed E-state index contributed by atoms with van der Waals surface area (Å²) in [5.74, 6) is 0. The molecule has 0 amide bonds. The molecule has 0 spiro atoms. The van der Waals surface area contributed by atoms with E-state index in [4.69, 9.17) is 0 Å². The van der Waals surface area contributed by atoms with Crippen molar-refractivity contribution in [1.82, 2.24) is 0 Å². The van der Waals surface area contributed by atoms with Crippen molar-refractivity contribution >= 4 is 27.3 Å². The number of nitrogens with zero attached hydrogens (tertiary/aromatic N) is 1. The van der Waals surface area contributed by atoms with E-state index in [2.05, 4.69) is 88.5 Å². The number of halogens is 1. The molecule has 2 nitrogen and oxygen atoms in total. The Morgan fingerprint density at radius 3 is 2.60 bits per heavy atom. The summed E-state index contributed by atoms with van der Waals surface area (Å²) in [6, 6.07) is 17.9. The van der Waals surface area contributed by atoms with Crippen molar-refractivity contribution in [2.75, 3.05) is 16.8 Å². The molecule has 104 valence electrons. The van der Waals surface area contributed by atoms with Gasteiger partial charge >= 0.3 is 0 Å². The summed E-state index contributed by atoms with van der Waals surface area (Å²) in [5.41, 5.74) is 3.83. The molecular formula is C17H19BrN2. The van der Waals surface area contributed by atoms with E-state index in [9.17, 15) is 0 Å². The third-order valence-electron chi connectivity index (χ3n) is 3.80. The predicted octanol–water partition coefficient (Wildman–Crippen LogP) is 4.83. The van der Waals surface area contributed by atoms with Crippen LogP contribution in [0.1, 0.15) is 25.5 Å². The number of nitrogens with one attached hydrogen (secondary N) is 1. The van der Waals surface area contributed by atoms with Gasteiger partial charge in [-0.05, 0) is 37.6 Å². The number of hydrogen-bond donors (Lipinski definition) is 1. The third-order valence-corrected chi connectivity index (χ3v) is 4.30. The summed E-state index contributed by atoms with van der Waals surface area (Å²) in [4.78, 5) is 2.47. The molecule has 1 unspecified atom stereocenters. The van der Waals surface area contributed by atoms with Gasteiger partial charge in [-0.3, -0.25) is 0 Å². The maximum absolute atomic E-state index is 3.67. The van der Waals surface area contributed by atoms with Gasteiger partial charge in [-0.15, -0.1) is 0 Å². The second kappa shape index (κ2) is 5.49. The molecule has 0 aromatic heterocycles. The zero-order chi connectivity index (χ0) is 14.1. The number of benzene rings is 2. The second-order valence-electron chi connectivity index (χ2n) is 5.52. The zero-order valence-electron chi connectivity index (χ0n) is 11.8. The predicted molar refractivity (Wildman–Crippen MR) is 89.4 cm³/mol. The average molecular weight is 331 g/mol. The van der Waals surface area contributed by atoms with Crippen molar-refractivity contribution in [1.29, 1.82) is 0 Å². The van der Waals surface area contributed by atoms with Gasteiger partial charge in [0.05, 0.1) is 17.4 Å². The van der Waals surface area contributed by atoms with E-state index in [1.807, 2.05) is 0 Å². The standard InChI is InChI=1S/C17H19BrN2/c1-12(2)20-11-16(13-6-4-3-5-7-13)19-15-10-14(18)8-9-17(15)20/h3-10,12,16,19H,11H2,1-2H3. The highest BCUT2D eigenvalue weighted by Crippen LogP contribution is 2.38. The van der Waals surface area contributed by atoms with Crippen LogP contribution in [0.5, 0.6) is 0 Å². The lowest BCUT2D eigenvalue weighted by Gasteiger charge is -2.40. The summed E-state index contributed by atoms with van der Waals surface area (Å²) in [6.07, 6.45) is 0. The first kappa shape index (κ1) is 13.5. The summed E-state index contributed by atoms with van der Waals surface area (Å²) < 4.78 is 1.11. The molecule has 1 aliphatic rings. The van der Waals surface area contributed by atoms with E-state index in [0.717, 1.165) is 11.0 Å². The van der Waals surface area contributed by atoms with Crippen LogP contribution in [0.25, 0.3) is 0 Å². The van der Waals surface area contributed by atoms with Crippen LogP contribution >= 0.6 is 15.9 Å². The molecule has 0 aliphatic carbocycles. The third kappa shape index (κ3) is 2.55. The summed E-state index contributed by atoms with van der Waals surface area (Å²) >= 11 is 3.57. The topological polar surface area (TPSA) is 15.3 Å². The molecule has 0 radical (unpaired) electrons. The number of hydrogen-bond acceptors (Lipinski definition) is 2. The Labute approximate surface area is 128 Å². The molecule has 1 heterocycles. The summed E-state index contributed by atoms with van der Waals surface area (Å²) in [7, 11) is 0. The van der Waals surface area contributed by atoms with Gasteiger partial charge in [0.2, 0.25) is 0 Å². The van der Waals surface area contributed by atoms with E-state index in [0.29, 0.717) is 12.1 Å². The minimum absolute atomic E-state index is 0.334. The van der Waals surface area contributed by atoms with Crippen molar-refractivity contribution in [2.45, 2.75) is 25.9 Å². The first-order chi connectivity index (χ1) is 9.65. The molecule has 1 N–H and O–H groups in total. The Bertz CT molecular complexity index is 595. The van der Waals surface area contributed by atoms with Crippen molar-refractivity contribution in [3.63, 3.8) is 0 Å². The van der Waals surface area contributed by atoms with Crippen molar-refractivity contribution in [3.05, 3.63) is 58.6 Å². The molecule has 2 aromatic rings. The van der Waals surface area contributed by atoms with Gasteiger partial charge < -0.3 is 10.2 Å². The van der Waals surface area contributed by atoms with Gasteiger partial charge in [0, 0.05) is 17.1 Å². The molecule has 3 rings (SSSR count). The highest BCUT2D eigenvalue weighted by molar-refractivity contribution is 9.10. The van der Waals surface area contributed by atoms with Gasteiger partial charge in [0.1, 0.15) is 0 Å². The minimum atomic E-state index is 0.334. The van der Waals surface area contributed by atoms with Gasteiger partial charge in [0.25, 0.3) is 0 Å². The Morgan fingerprint density at radius 2 is 1.90 bits per heavy atom. The molecule has 0 saturated carbocycles. The highest BCUT2D eigenvalue weighted by atomic mass is 79.9. The van der Waals surface area contributed by atoms with E-state index in [-0.39, 0.29) is 0 Å². The molecule has 20 heavy (non-hydrogen) atoms. The Kier molecular flexibility index (Phi) is 3.70. The highest BCUT2D eigenvalue weighted by Gasteiger charge is 2.26. The maximum Gasteiger partial charge on any atom is 0.0689 e. The van der Waals surface area contributed by atoms with Crippen molar-refractivity contribution in [2.24, 2.45) is 0 Å². The normalized spacial score (nSPS) is 17.8. The lowest BCUT2D eigenvalue weighted by molar-refractivity contribution is 0.617. The van der Waals surface area contributed by atoms with Crippen LogP contribution in [-0.4, -0.2) is 12.6 Å². The SMILES string of the molecule is CC(C)N1CC(c2ccccc2)Nc2cc(Br)ccc21. The molecule has 2 aromatic carbocycles. The van der Waals surface area contributed by atoms with E-state index >= 15 is 0 Å². The summed E-state index contributed by atoms with van der Waals surface area (Å²) in [6.45, 7) is 5.49. The van der Waals surface area contributed by atoms with Crippen LogP contribution in [-0.2, 0) is 0 Å². The lowest BCUT2D eigenvalue weighted by Crippen LogP contribution is -2.40. The number of fused-ring (bicyclic) bond motifs is 1. The number of rotatable bonds is 2. The van der Waals surface area contributed by atoms with Gasteiger partial charge in [0.15, 0.2) is 0 Å². The maximum atomic E-state index is 3.67. The van der Waals surface area contributed by atoms with Crippen molar-refractivity contribution in [3.8, 4) is 0 Å². The molecule has 0 saturated heterocycles. The smallest absolute Gasteiger partial charge is 0.0689 e. The number of anilines is 2. The molecule has 1 atom stereocenters. The van der Waals surface area contributed by atoms with Gasteiger partial charge in [-0.2, -0.15) is 0 Å². The monoisotopic (exact) mass is 330 g/mol. The largest absolute Gasteiger partial charge is 0.375 e. The van der Waals surface area contributed by atoms with E-state index in [1.165, 1.54) is 16.9 Å². The van der Waals surface area contributed by atoms with E-state index in [1.54, 1.807) is 0 Å². The Morgan fingerprint density at radius 1 is 1.15 bits per heavy atom. The Hall–Kier alpha value is -1.48. The molecule has 0 bridgehead atoms. The van der Waals surface area contributed by atoms with Crippen LogP contribution in [0.3, 0.4) is 0 Å². The average Bonchev–Trinajstić information content (AvgIpc) is 2.46. The van der Waals surface area contributed by atoms with Crippen molar-refractivity contribution < 1.29 is 0 Å². The fourth-order valence-electron chi connectivity index (χ4n) is 2.77. The van der Waals surface area contributed by atoms with Gasteiger partial charge in [-0.1, -0.05) is 46.3 Å². The van der Waals surface area contributed by atoms with E-state index < -0.39 is 0 Å². The van der Waals surface area contributed by atoms with Crippen LogP contribution in [0.4, 0.5) is 11.4 Å². The quantitative estimate of drug-likeness (QED) is 0.848. The second-order valence-corrected chi connectivity index (χ2v) is 6.43. The molecule has 0 fully saturated rings. The van der Waals surface area contributed by atoms with Crippen LogP contribution < -0.4 is 10.2 Å². The van der Waals surface area contributed by atoms with Crippen LogP contribution in [0, 0.1) is 0 Å². The summed E-state index contributed by atoms with van der Waals surface area (Å²) in [5, 5.41) is 3.67. The first-order valence-electron chi connectivity index (χ1n) is 7.03. The zero-order valence-corrected chi connectivity index (χ0v) is 13.4. The molecule has 1 aliphatic heterocycles. The minimum Gasteiger partial charge on any atom is -0.375 e. The first-order valence-corrected chi connectivity index (χ1v) is 7.82. The van der Waals surface area contributed by atoms with Gasteiger partial charge in [-0.25, -0.2) is 0 Å². The molecular weight excluding hydrogens is 312 g/mol. The van der Waals surface area contributed by atoms with Crippen LogP contribution in [0.15, 0.2) is 53.0 Å². The fourth-order valence-corrected chi connectivity index (χ4v) is 3.13. The van der Waals surface area contributed by atoms with Crippen LogP contribution in [0.2, 0.25) is 0 Å². The molecule has 3 heteroatoms. The fraction of sp³-hybridized carbons (Fsp3) is 0.294. The Balaban J connectivity index is 2.00.